The molecular weight excluding hydrogens is 300 g/mol. The van der Waals surface area contributed by atoms with E-state index in [1.54, 1.807) is 12.4 Å². The summed E-state index contributed by atoms with van der Waals surface area (Å²) >= 11 is 0. The van der Waals surface area contributed by atoms with E-state index in [2.05, 4.69) is 34.2 Å². The van der Waals surface area contributed by atoms with Crippen LogP contribution < -0.4 is 5.56 Å². The standard InChI is InChI=1S/C20H20N2O2/c1-20(24)10-17(11-20)14-4-2-13(3-5-14)8-15-9-16-12-21-7-6-18(16)22-19(15)23/h2-7,9,12,17,24H,8,10-11H2,1H3,(H,22,23). The molecule has 4 nitrogen and oxygen atoms in total. The molecule has 3 aromatic rings. The van der Waals surface area contributed by atoms with Gasteiger partial charge in [-0.3, -0.25) is 9.78 Å². The zero-order valence-corrected chi connectivity index (χ0v) is 13.6. The van der Waals surface area contributed by atoms with Crippen molar-refractivity contribution < 1.29 is 5.11 Å². The fourth-order valence-electron chi connectivity index (χ4n) is 3.59. The van der Waals surface area contributed by atoms with Crippen molar-refractivity contribution >= 4 is 10.9 Å². The predicted molar refractivity (Wildman–Crippen MR) is 94.2 cm³/mol. The Labute approximate surface area is 140 Å². The van der Waals surface area contributed by atoms with Crippen molar-refractivity contribution in [1.82, 2.24) is 9.97 Å². The predicted octanol–water partition coefficient (Wildman–Crippen LogP) is 3.14. The van der Waals surface area contributed by atoms with E-state index in [4.69, 9.17) is 0 Å². The lowest BCUT2D eigenvalue weighted by Gasteiger charge is -2.41. The Morgan fingerprint density at radius 2 is 2.00 bits per heavy atom. The molecule has 1 fully saturated rings. The number of nitrogens with one attached hydrogen (secondary N) is 1. The Balaban J connectivity index is 1.55. The van der Waals surface area contributed by atoms with Crippen LogP contribution in [0.3, 0.4) is 0 Å². The smallest absolute Gasteiger partial charge is 0.251 e. The first kappa shape index (κ1) is 15.1. The lowest BCUT2D eigenvalue weighted by atomic mass is 9.69. The first-order valence-corrected chi connectivity index (χ1v) is 8.27. The summed E-state index contributed by atoms with van der Waals surface area (Å²) in [5.41, 5.74) is 3.38. The molecule has 0 bridgehead atoms. The van der Waals surface area contributed by atoms with E-state index < -0.39 is 5.60 Å². The van der Waals surface area contributed by atoms with Crippen molar-refractivity contribution in [2.75, 3.05) is 0 Å². The molecule has 2 aromatic heterocycles. The van der Waals surface area contributed by atoms with E-state index in [9.17, 15) is 9.90 Å². The third-order valence-electron chi connectivity index (χ3n) is 4.94. The van der Waals surface area contributed by atoms with Gasteiger partial charge in [-0.2, -0.15) is 0 Å². The largest absolute Gasteiger partial charge is 0.390 e. The molecular formula is C20H20N2O2. The molecule has 1 saturated carbocycles. The summed E-state index contributed by atoms with van der Waals surface area (Å²) < 4.78 is 0. The van der Waals surface area contributed by atoms with Gasteiger partial charge in [-0.1, -0.05) is 24.3 Å². The molecule has 24 heavy (non-hydrogen) atoms. The summed E-state index contributed by atoms with van der Waals surface area (Å²) in [5, 5.41) is 10.8. The molecule has 4 rings (SSSR count). The Kier molecular flexibility index (Phi) is 3.50. The van der Waals surface area contributed by atoms with Crippen LogP contribution in [0.4, 0.5) is 0 Å². The van der Waals surface area contributed by atoms with Gasteiger partial charge in [0.25, 0.3) is 5.56 Å². The lowest BCUT2D eigenvalue weighted by molar-refractivity contribution is -0.0313. The molecule has 2 heterocycles. The van der Waals surface area contributed by atoms with E-state index in [0.717, 1.165) is 34.9 Å². The number of H-pyrrole nitrogens is 1. The molecule has 0 spiro atoms. The second-order valence-electron chi connectivity index (χ2n) is 7.11. The van der Waals surface area contributed by atoms with Crippen molar-refractivity contribution in [3.05, 3.63) is 75.8 Å². The SMILES string of the molecule is CC1(O)CC(c2ccc(Cc3cc4cnccc4[nH]c3=O)cc2)C1. The normalized spacial score (nSPS) is 23.2. The summed E-state index contributed by atoms with van der Waals surface area (Å²) in [4.78, 5) is 19.3. The van der Waals surface area contributed by atoms with Crippen LogP contribution in [0.5, 0.6) is 0 Å². The number of benzene rings is 1. The minimum atomic E-state index is -0.504. The van der Waals surface area contributed by atoms with E-state index in [-0.39, 0.29) is 5.56 Å². The lowest BCUT2D eigenvalue weighted by Crippen LogP contribution is -2.39. The first-order valence-electron chi connectivity index (χ1n) is 8.27. The second-order valence-corrected chi connectivity index (χ2v) is 7.11. The average Bonchev–Trinajstić information content (AvgIpc) is 2.54. The van der Waals surface area contributed by atoms with Crippen molar-refractivity contribution in [1.29, 1.82) is 0 Å². The number of rotatable bonds is 3. The van der Waals surface area contributed by atoms with Crippen molar-refractivity contribution in [3.63, 3.8) is 0 Å². The van der Waals surface area contributed by atoms with Gasteiger partial charge in [0.1, 0.15) is 0 Å². The Morgan fingerprint density at radius 1 is 1.25 bits per heavy atom. The van der Waals surface area contributed by atoms with Gasteiger partial charge in [0.15, 0.2) is 0 Å². The first-order chi connectivity index (χ1) is 11.5. The number of pyridine rings is 2. The molecule has 0 unspecified atom stereocenters. The molecule has 4 heteroatoms. The minimum Gasteiger partial charge on any atom is -0.390 e. The van der Waals surface area contributed by atoms with Crippen molar-refractivity contribution in [2.45, 2.75) is 37.7 Å². The van der Waals surface area contributed by atoms with Crippen LogP contribution in [-0.2, 0) is 6.42 Å². The quantitative estimate of drug-likeness (QED) is 0.779. The zero-order chi connectivity index (χ0) is 16.7. The summed E-state index contributed by atoms with van der Waals surface area (Å²) in [7, 11) is 0. The van der Waals surface area contributed by atoms with Crippen LogP contribution >= 0.6 is 0 Å². The van der Waals surface area contributed by atoms with Gasteiger partial charge in [-0.15, -0.1) is 0 Å². The maximum atomic E-state index is 12.2. The van der Waals surface area contributed by atoms with Gasteiger partial charge in [-0.25, -0.2) is 0 Å². The topological polar surface area (TPSA) is 66.0 Å². The van der Waals surface area contributed by atoms with Gasteiger partial charge < -0.3 is 10.1 Å². The van der Waals surface area contributed by atoms with Crippen LogP contribution in [0, 0.1) is 0 Å². The van der Waals surface area contributed by atoms with Crippen LogP contribution in [0.25, 0.3) is 10.9 Å². The van der Waals surface area contributed by atoms with E-state index in [1.165, 1.54) is 5.56 Å². The Bertz CT molecular complexity index is 934. The number of hydrogen-bond acceptors (Lipinski definition) is 3. The number of nitrogens with zero attached hydrogens (tertiary/aromatic N) is 1. The third-order valence-corrected chi connectivity index (χ3v) is 4.94. The molecule has 0 amide bonds. The maximum Gasteiger partial charge on any atom is 0.251 e. The molecule has 122 valence electrons. The molecule has 0 aliphatic heterocycles. The Morgan fingerprint density at radius 3 is 2.71 bits per heavy atom. The second kappa shape index (κ2) is 5.56. The van der Waals surface area contributed by atoms with Crippen LogP contribution in [0.1, 0.15) is 42.4 Å². The van der Waals surface area contributed by atoms with E-state index in [1.807, 2.05) is 19.1 Å². The summed E-state index contributed by atoms with van der Waals surface area (Å²) in [6, 6.07) is 12.1. The highest BCUT2D eigenvalue weighted by Gasteiger charge is 2.38. The number of aromatic amines is 1. The highest BCUT2D eigenvalue weighted by atomic mass is 16.3. The highest BCUT2D eigenvalue weighted by Crippen LogP contribution is 2.44. The molecule has 1 aliphatic rings. The van der Waals surface area contributed by atoms with Crippen LogP contribution in [-0.4, -0.2) is 20.7 Å². The van der Waals surface area contributed by atoms with Crippen LogP contribution in [0.2, 0.25) is 0 Å². The van der Waals surface area contributed by atoms with Crippen molar-refractivity contribution in [2.24, 2.45) is 0 Å². The fraction of sp³-hybridized carbons (Fsp3) is 0.300. The number of hydrogen-bond donors (Lipinski definition) is 2. The number of fused-ring (bicyclic) bond motifs is 1. The summed E-state index contributed by atoms with van der Waals surface area (Å²) in [5.74, 6) is 0.448. The highest BCUT2D eigenvalue weighted by molar-refractivity contribution is 5.77. The van der Waals surface area contributed by atoms with Gasteiger partial charge >= 0.3 is 0 Å². The minimum absolute atomic E-state index is 0.0483. The molecule has 2 N–H and O–H groups in total. The number of aliphatic hydroxyl groups is 1. The molecule has 0 radical (unpaired) electrons. The average molecular weight is 320 g/mol. The summed E-state index contributed by atoms with van der Waals surface area (Å²) in [6.45, 7) is 1.89. The third kappa shape index (κ3) is 2.85. The van der Waals surface area contributed by atoms with E-state index >= 15 is 0 Å². The number of aromatic nitrogens is 2. The molecule has 1 aromatic carbocycles. The molecule has 0 atom stereocenters. The van der Waals surface area contributed by atoms with Gasteiger partial charge in [0, 0.05) is 29.8 Å². The van der Waals surface area contributed by atoms with E-state index in [0.29, 0.717) is 12.3 Å². The summed E-state index contributed by atoms with van der Waals surface area (Å²) in [6.07, 6.45) is 5.69. The van der Waals surface area contributed by atoms with Crippen molar-refractivity contribution in [3.8, 4) is 0 Å². The monoisotopic (exact) mass is 320 g/mol. The van der Waals surface area contributed by atoms with Gasteiger partial charge in [0.05, 0.1) is 11.1 Å². The van der Waals surface area contributed by atoms with Gasteiger partial charge in [0.2, 0.25) is 0 Å². The van der Waals surface area contributed by atoms with Crippen LogP contribution in [0.15, 0.2) is 53.6 Å². The molecule has 0 saturated heterocycles. The molecule has 1 aliphatic carbocycles. The Hall–Kier alpha value is -2.46. The van der Waals surface area contributed by atoms with Gasteiger partial charge in [-0.05, 0) is 48.9 Å². The maximum absolute atomic E-state index is 12.2. The fourth-order valence-corrected chi connectivity index (χ4v) is 3.59. The zero-order valence-electron chi connectivity index (χ0n) is 13.6.